The Morgan fingerprint density at radius 3 is 1.30 bits per heavy atom. The van der Waals surface area contributed by atoms with Crippen molar-refractivity contribution in [2.45, 2.75) is 140 Å². The highest BCUT2D eigenvalue weighted by atomic mass is 32.2. The number of nitrogens with zero attached hydrogens (tertiary/aromatic N) is 8. The summed E-state index contributed by atoms with van der Waals surface area (Å²) in [7, 11) is 0. The highest BCUT2D eigenvalue weighted by molar-refractivity contribution is 7.98. The van der Waals surface area contributed by atoms with Crippen molar-refractivity contribution in [1.82, 2.24) is 38.7 Å². The Bertz CT molecular complexity index is 5100. The topological polar surface area (TPSA) is 117 Å². The summed E-state index contributed by atoms with van der Waals surface area (Å²) in [4.78, 5) is 70.7. The number of halogens is 8. The molecule has 2 amide bonds. The molecule has 0 N–H and O–H groups in total. The highest BCUT2D eigenvalue weighted by Crippen LogP contribution is 2.36. The van der Waals surface area contributed by atoms with Gasteiger partial charge in [0.1, 0.15) is 24.7 Å². The molecule has 0 saturated carbocycles. The lowest BCUT2D eigenvalue weighted by Gasteiger charge is -2.33. The maximum absolute atomic E-state index is 14.8. The molecule has 12 nitrogen and oxygen atoms in total. The van der Waals surface area contributed by atoms with Crippen LogP contribution in [0.4, 0.5) is 35.1 Å². The van der Waals surface area contributed by atoms with Crippen LogP contribution in [0.5, 0.6) is 0 Å². The minimum Gasteiger partial charge on any atom is -0.333 e. The van der Waals surface area contributed by atoms with Crippen LogP contribution >= 0.6 is 23.5 Å². The molecule has 3 atom stereocenters. The third-order valence-electron chi connectivity index (χ3n) is 16.4. The molecule has 0 fully saturated rings. The summed E-state index contributed by atoms with van der Waals surface area (Å²) in [6, 6.07) is 9.62. The van der Waals surface area contributed by atoms with Gasteiger partial charge in [0.25, 0.3) is 11.1 Å². The van der Waals surface area contributed by atoms with Crippen molar-refractivity contribution in [3.63, 3.8) is 0 Å². The van der Waals surface area contributed by atoms with Crippen molar-refractivity contribution < 1.29 is 70.8 Å². The largest absolute Gasteiger partial charge is 0.416 e. The summed E-state index contributed by atoms with van der Waals surface area (Å²) in [5.41, 5.74) is -9.48. The molecule has 0 spiro atoms. The minimum atomic E-state index is -4.54. The molecular formula is C75H82F8N8O4S2. The van der Waals surface area contributed by atoms with Crippen LogP contribution in [-0.4, -0.2) is 103 Å². The summed E-state index contributed by atoms with van der Waals surface area (Å²) in [6.45, 7) is 13.0. The van der Waals surface area contributed by atoms with E-state index in [0.29, 0.717) is 103 Å². The van der Waals surface area contributed by atoms with E-state index in [1.54, 1.807) is 43.3 Å². The van der Waals surface area contributed by atoms with Crippen molar-refractivity contribution in [2.75, 3.05) is 52.4 Å². The zero-order chi connectivity index (χ0) is 86.6. The van der Waals surface area contributed by atoms with Gasteiger partial charge >= 0.3 is 12.4 Å². The van der Waals surface area contributed by atoms with E-state index in [2.05, 4.69) is 14.9 Å². The first-order valence-corrected chi connectivity index (χ1v) is 32.7. The second-order valence-electron chi connectivity index (χ2n) is 22.4. The maximum Gasteiger partial charge on any atom is 0.416 e. The number of aromatic nitrogens is 4. The van der Waals surface area contributed by atoms with Gasteiger partial charge in [-0.15, -0.1) is 0 Å². The molecule has 3 unspecified atom stereocenters. The molecule has 2 aromatic heterocycles. The molecule has 0 aliphatic heterocycles. The Balaban J connectivity index is 0.000000266. The van der Waals surface area contributed by atoms with Gasteiger partial charge in [0.2, 0.25) is 11.8 Å². The van der Waals surface area contributed by atoms with Gasteiger partial charge in [0.15, 0.2) is 10.3 Å². The van der Waals surface area contributed by atoms with E-state index in [0.717, 1.165) is 40.7 Å². The third kappa shape index (κ3) is 18.8. The fraction of sp³-hybridized carbons (Fsp3) is 0.387. The number of carbonyl (C=O) groups is 2. The maximum atomic E-state index is 14.8. The summed E-state index contributed by atoms with van der Waals surface area (Å²) in [6.07, 6.45) is -13.8. The van der Waals surface area contributed by atoms with E-state index in [-0.39, 0.29) is 42.1 Å². The molecule has 2 aliphatic rings. The quantitative estimate of drug-likeness (QED) is 0.0295. The number of amides is 2. The van der Waals surface area contributed by atoms with Gasteiger partial charge in [-0.25, -0.2) is 8.78 Å². The minimum absolute atomic E-state index is 0.0394. The van der Waals surface area contributed by atoms with E-state index in [1.807, 2.05) is 32.6 Å². The lowest BCUT2D eigenvalue weighted by atomic mass is 9.99. The molecule has 2 aliphatic carbocycles. The van der Waals surface area contributed by atoms with Crippen LogP contribution < -0.4 is 11.1 Å². The van der Waals surface area contributed by atoms with E-state index >= 15 is 0 Å². The standard InChI is InChI=1S/C38H42F4N4O2S.C37H40F4N4O2S/c1-5-44(6-2)19-20-45(26(4)28-9-11-29(12-10-28)30-13-15-31(16-14-30)38(40,41)42)35(47)23-46-34-22-25(3)21-33(34)36(48)43-37(46)49-24-27-7-17-32(39)18-8-27;1-4-43(5-2)21-22-44(25(3)27-11-13-28(14-12-27)29-15-17-30(18-16-29)37(39,40)41)34(46)23-45-33-8-6-7-32(33)35(47)42-36(45)48-24-26-9-19-31(38)20-10-26/h7-18,25-26H,5-6,19-24H2,1-4H3;9-20,25H,4-8,21-24H2,1-3H3/i7D,8D,17D,18D,21D2,22D2,24D2,25D,26D;9D,10D,19D,20D,24D2,25D. The lowest BCUT2D eigenvalue weighted by Crippen LogP contribution is -2.42. The molecule has 97 heavy (non-hydrogen) atoms. The summed E-state index contributed by atoms with van der Waals surface area (Å²) in [5.74, 6) is -7.22. The second kappa shape index (κ2) is 33.1. The van der Waals surface area contributed by atoms with Crippen molar-refractivity contribution in [2.24, 2.45) is 5.89 Å². The fourth-order valence-electron chi connectivity index (χ4n) is 10.9. The number of hydrogen-bond donors (Lipinski definition) is 0. The average molecular weight is 1390 g/mol. The molecule has 22 heteroatoms. The van der Waals surface area contributed by atoms with Gasteiger partial charge in [-0.3, -0.25) is 19.2 Å². The van der Waals surface area contributed by atoms with Gasteiger partial charge in [0, 0.05) is 72.4 Å². The number of carbonyl (C=O) groups excluding carboxylic acids is 2. The zero-order valence-corrected chi connectivity index (χ0v) is 55.6. The number of rotatable bonds is 26. The molecule has 0 saturated heterocycles. The van der Waals surface area contributed by atoms with Crippen LogP contribution in [0.3, 0.4) is 0 Å². The Labute approximate surface area is 596 Å². The average Bonchev–Trinajstić information content (AvgIpc) is 1.52. The van der Waals surface area contributed by atoms with Gasteiger partial charge in [-0.05, 0) is 171 Å². The number of fused-ring (bicyclic) bond motifs is 2. The summed E-state index contributed by atoms with van der Waals surface area (Å²) >= 11 is 0.271. The molecule has 2 heterocycles. The first-order chi connectivity index (χ1) is 53.7. The number of thioether (sulfide) groups is 2. The Hall–Kier alpha value is -7.92. The third-order valence-corrected chi connectivity index (χ3v) is 18.0. The van der Waals surface area contributed by atoms with Crippen molar-refractivity contribution in [3.05, 3.63) is 234 Å². The van der Waals surface area contributed by atoms with Crippen LogP contribution in [-0.2, 0) is 72.0 Å². The highest BCUT2D eigenvalue weighted by Gasteiger charge is 2.34. The number of hydrogen-bond acceptors (Lipinski definition) is 10. The summed E-state index contributed by atoms with van der Waals surface area (Å²) < 4.78 is 273. The van der Waals surface area contributed by atoms with Crippen LogP contribution in [0.15, 0.2) is 165 Å². The van der Waals surface area contributed by atoms with E-state index < -0.39 is 189 Å². The number of alkyl halides is 6. The smallest absolute Gasteiger partial charge is 0.333 e. The monoisotopic (exact) mass is 1390 g/mol. The summed E-state index contributed by atoms with van der Waals surface area (Å²) in [5, 5.41) is -1.04. The molecule has 0 bridgehead atoms. The Kier molecular flexibility index (Phi) is 17.5. The Morgan fingerprint density at radius 2 is 0.928 bits per heavy atom. The van der Waals surface area contributed by atoms with E-state index in [9.17, 15) is 57.0 Å². The van der Waals surface area contributed by atoms with Crippen molar-refractivity contribution in [1.29, 1.82) is 0 Å². The first kappa shape index (κ1) is 51.3. The molecule has 6 aromatic carbocycles. The van der Waals surface area contributed by atoms with E-state index in [1.165, 1.54) is 52.8 Å². The molecule has 10 rings (SSSR count). The van der Waals surface area contributed by atoms with Gasteiger partial charge in [-0.1, -0.05) is 155 Å². The molecule has 0 radical (unpaired) electrons. The van der Waals surface area contributed by atoms with E-state index in [4.69, 9.17) is 23.3 Å². The van der Waals surface area contributed by atoms with Crippen molar-refractivity contribution >= 4 is 35.3 Å². The number of likely N-dealkylation sites (N-methyl/N-ethyl adjacent to an activating group) is 2. The zero-order valence-electron chi connectivity index (χ0n) is 73.0. The lowest BCUT2D eigenvalue weighted by molar-refractivity contribution is -0.138. The van der Waals surface area contributed by atoms with Crippen LogP contribution in [0.1, 0.15) is 149 Å². The van der Waals surface area contributed by atoms with Crippen molar-refractivity contribution in [3.8, 4) is 22.3 Å². The second-order valence-corrected chi connectivity index (χ2v) is 23.9. The normalized spacial score (nSPS) is 19.8. The van der Waals surface area contributed by atoms with Gasteiger partial charge in [-0.2, -0.15) is 36.3 Å². The Morgan fingerprint density at radius 1 is 0.567 bits per heavy atom. The molecule has 514 valence electrons. The van der Waals surface area contributed by atoms with Crippen LogP contribution in [0, 0.1) is 17.5 Å². The fourth-order valence-corrected chi connectivity index (χ4v) is 12.3. The first-order valence-electron chi connectivity index (χ1n) is 40.5. The predicted octanol–water partition coefficient (Wildman–Crippen LogP) is 15.8. The van der Waals surface area contributed by atoms with Crippen LogP contribution in [0.25, 0.3) is 22.3 Å². The predicted molar refractivity (Wildman–Crippen MR) is 367 cm³/mol. The van der Waals surface area contributed by atoms with Gasteiger partial charge < -0.3 is 28.7 Å². The molecule has 8 aromatic rings. The van der Waals surface area contributed by atoms with Gasteiger partial charge in [0.05, 0.1) is 36.9 Å². The SMILES string of the molecule is [2H]c1c([2H])c(C([2H])([2H])Sc2nc(=O)c3c(n2CC(=O)N(CCN(CC)CC)C([2H])(C)c2ccc(-c4ccc(C(F)(F)F)cc4)cc2)C([2H])([2H])C([2H])(C)C3([2H])[2H])c([2H])c([2H])c1F.[2H]c1c([2H])c(C([2H])([2H])Sc2nc(=O)c3c(n2CC(=O)N(CCN(CC)CC)C([2H])(C)c2ccc(-c4ccc(C(F)(F)F)cc4)cc2)CCC3)c([2H])c([2H])c1F. The molecular weight excluding hydrogens is 1290 g/mol. The number of benzene rings is 6. The van der Waals surface area contributed by atoms with Crippen LogP contribution in [0.2, 0.25) is 0 Å².